The number of aliphatic hydroxyl groups is 1. The van der Waals surface area contributed by atoms with Gasteiger partial charge in [-0.05, 0) is 33.7 Å². The van der Waals surface area contributed by atoms with Crippen LogP contribution in [0.25, 0.3) is 0 Å². The summed E-state index contributed by atoms with van der Waals surface area (Å²) < 4.78 is 10.7. The molecule has 0 aromatic carbocycles. The van der Waals surface area contributed by atoms with Crippen LogP contribution in [0.15, 0.2) is 0 Å². The molecule has 0 aliphatic carbocycles. The van der Waals surface area contributed by atoms with Crippen molar-refractivity contribution >= 4 is 0 Å². The molecule has 0 amide bonds. The third-order valence-corrected chi connectivity index (χ3v) is 2.64. The van der Waals surface area contributed by atoms with Gasteiger partial charge in [-0.3, -0.25) is 0 Å². The largest absolute Gasteiger partial charge is 0.395 e. The molecule has 4 nitrogen and oxygen atoms in total. The average molecular weight is 219 g/mol. The van der Waals surface area contributed by atoms with E-state index >= 15 is 0 Å². The Hall–Kier alpha value is -0.160. The number of rotatable bonds is 9. The number of methoxy groups -OCH3 is 1. The predicted octanol–water partition coefficient (Wildman–Crippen LogP) is 0.788. The number of hydrogen-bond donors (Lipinski definition) is 2. The highest BCUT2D eigenvalue weighted by atomic mass is 16.5. The van der Waals surface area contributed by atoms with Crippen molar-refractivity contribution in [2.45, 2.75) is 38.3 Å². The molecule has 0 heterocycles. The molecule has 0 aliphatic heterocycles. The molecule has 15 heavy (non-hydrogen) atoms. The lowest BCUT2D eigenvalue weighted by molar-refractivity contribution is -0.0110. The van der Waals surface area contributed by atoms with E-state index in [1.807, 2.05) is 20.9 Å². The molecule has 0 saturated heterocycles. The minimum absolute atomic E-state index is 0.112. The van der Waals surface area contributed by atoms with Crippen molar-refractivity contribution in [3.05, 3.63) is 0 Å². The number of hydrogen-bond acceptors (Lipinski definition) is 4. The Bertz CT molecular complexity index is 147. The van der Waals surface area contributed by atoms with Gasteiger partial charge in [0.2, 0.25) is 0 Å². The van der Waals surface area contributed by atoms with E-state index in [1.165, 1.54) is 0 Å². The van der Waals surface area contributed by atoms with Crippen LogP contribution in [0.1, 0.15) is 26.7 Å². The van der Waals surface area contributed by atoms with E-state index < -0.39 is 0 Å². The topological polar surface area (TPSA) is 50.7 Å². The molecule has 2 N–H and O–H groups in total. The summed E-state index contributed by atoms with van der Waals surface area (Å²) in [7, 11) is 3.55. The van der Waals surface area contributed by atoms with Crippen LogP contribution in [0, 0.1) is 0 Å². The molecule has 0 aliphatic rings. The Morgan fingerprint density at radius 1 is 1.33 bits per heavy atom. The molecule has 0 aromatic heterocycles. The Morgan fingerprint density at radius 2 is 2.00 bits per heavy atom. The maximum absolute atomic E-state index is 8.91. The van der Waals surface area contributed by atoms with Crippen molar-refractivity contribution in [1.82, 2.24) is 5.32 Å². The van der Waals surface area contributed by atoms with Gasteiger partial charge in [0.1, 0.15) is 0 Å². The van der Waals surface area contributed by atoms with Gasteiger partial charge in [0, 0.05) is 26.4 Å². The van der Waals surface area contributed by atoms with Crippen LogP contribution in [0.5, 0.6) is 0 Å². The van der Waals surface area contributed by atoms with Gasteiger partial charge in [0.15, 0.2) is 0 Å². The fourth-order valence-corrected chi connectivity index (χ4v) is 1.07. The van der Waals surface area contributed by atoms with Crippen molar-refractivity contribution in [2.75, 3.05) is 34.0 Å². The monoisotopic (exact) mass is 219 g/mol. The molecular formula is C11H25NO3. The number of aliphatic hydroxyl groups excluding tert-OH is 1. The van der Waals surface area contributed by atoms with Crippen LogP contribution in [-0.4, -0.2) is 50.7 Å². The second kappa shape index (κ2) is 8.05. The quantitative estimate of drug-likeness (QED) is 0.563. The Balaban J connectivity index is 3.39. The van der Waals surface area contributed by atoms with E-state index in [4.69, 9.17) is 14.6 Å². The Labute approximate surface area is 93.0 Å². The van der Waals surface area contributed by atoms with Crippen molar-refractivity contribution in [2.24, 2.45) is 0 Å². The van der Waals surface area contributed by atoms with Crippen molar-refractivity contribution in [3.8, 4) is 0 Å². The highest BCUT2D eigenvalue weighted by Gasteiger charge is 2.15. The minimum Gasteiger partial charge on any atom is -0.395 e. The Morgan fingerprint density at radius 3 is 2.47 bits per heavy atom. The molecule has 1 atom stereocenters. The van der Waals surface area contributed by atoms with E-state index in [0.29, 0.717) is 13.2 Å². The summed E-state index contributed by atoms with van der Waals surface area (Å²) >= 11 is 0. The SMILES string of the molecule is CNC(CO)CCOCCC(C)(C)OC. The lowest BCUT2D eigenvalue weighted by Crippen LogP contribution is -2.30. The molecular weight excluding hydrogens is 194 g/mol. The first-order valence-electron chi connectivity index (χ1n) is 5.46. The highest BCUT2D eigenvalue weighted by molar-refractivity contribution is 4.67. The average Bonchev–Trinajstić information content (AvgIpc) is 2.23. The Kier molecular flexibility index (Phi) is 7.96. The van der Waals surface area contributed by atoms with E-state index in [2.05, 4.69) is 5.32 Å². The van der Waals surface area contributed by atoms with Gasteiger partial charge >= 0.3 is 0 Å². The summed E-state index contributed by atoms with van der Waals surface area (Å²) in [5.41, 5.74) is -0.112. The molecule has 0 spiro atoms. The number of nitrogens with one attached hydrogen (secondary N) is 1. The normalized spacial score (nSPS) is 14.2. The molecule has 1 unspecified atom stereocenters. The van der Waals surface area contributed by atoms with E-state index in [-0.39, 0.29) is 18.2 Å². The van der Waals surface area contributed by atoms with Gasteiger partial charge in [-0.1, -0.05) is 0 Å². The molecule has 0 bridgehead atoms. The van der Waals surface area contributed by atoms with Gasteiger partial charge in [-0.25, -0.2) is 0 Å². The standard InChI is InChI=1S/C11H25NO3/c1-11(2,14-4)6-8-15-7-5-10(9-13)12-3/h10,12-13H,5-9H2,1-4H3. The molecule has 0 radical (unpaired) electrons. The van der Waals surface area contributed by atoms with Crippen LogP contribution in [-0.2, 0) is 9.47 Å². The maximum atomic E-state index is 8.91. The maximum Gasteiger partial charge on any atom is 0.0644 e. The van der Waals surface area contributed by atoms with Crippen LogP contribution < -0.4 is 5.32 Å². The molecule has 0 saturated carbocycles. The van der Waals surface area contributed by atoms with Crippen LogP contribution in [0.2, 0.25) is 0 Å². The lowest BCUT2D eigenvalue weighted by atomic mass is 10.1. The second-order valence-corrected chi connectivity index (χ2v) is 4.28. The first-order chi connectivity index (χ1) is 7.05. The zero-order valence-corrected chi connectivity index (χ0v) is 10.4. The summed E-state index contributed by atoms with van der Waals surface area (Å²) in [6.45, 7) is 5.61. The predicted molar refractivity (Wildman–Crippen MR) is 61.1 cm³/mol. The number of ether oxygens (including phenoxy) is 2. The van der Waals surface area contributed by atoms with Crippen molar-refractivity contribution < 1.29 is 14.6 Å². The molecule has 0 aromatic rings. The number of likely N-dealkylation sites (N-methyl/N-ethyl adjacent to an activating group) is 1. The van der Waals surface area contributed by atoms with E-state index in [1.54, 1.807) is 7.11 Å². The van der Waals surface area contributed by atoms with Gasteiger partial charge in [-0.15, -0.1) is 0 Å². The zero-order valence-electron chi connectivity index (χ0n) is 10.4. The van der Waals surface area contributed by atoms with Gasteiger partial charge in [0.05, 0.1) is 12.2 Å². The van der Waals surface area contributed by atoms with Gasteiger partial charge in [-0.2, -0.15) is 0 Å². The summed E-state index contributed by atoms with van der Waals surface area (Å²) in [5, 5.41) is 11.9. The minimum atomic E-state index is -0.112. The van der Waals surface area contributed by atoms with Gasteiger partial charge in [0.25, 0.3) is 0 Å². The van der Waals surface area contributed by atoms with Gasteiger partial charge < -0.3 is 19.9 Å². The fraction of sp³-hybridized carbons (Fsp3) is 1.00. The first-order valence-corrected chi connectivity index (χ1v) is 5.46. The summed E-state index contributed by atoms with van der Waals surface area (Å²) in [5.74, 6) is 0. The van der Waals surface area contributed by atoms with Crippen LogP contribution in [0.4, 0.5) is 0 Å². The second-order valence-electron chi connectivity index (χ2n) is 4.28. The summed E-state index contributed by atoms with van der Waals surface area (Å²) in [4.78, 5) is 0. The summed E-state index contributed by atoms with van der Waals surface area (Å²) in [6.07, 6.45) is 1.72. The summed E-state index contributed by atoms with van der Waals surface area (Å²) in [6, 6.07) is 0.139. The molecule has 0 fully saturated rings. The zero-order chi connectivity index (χ0) is 11.7. The molecule has 92 valence electrons. The molecule has 4 heteroatoms. The van der Waals surface area contributed by atoms with Crippen LogP contribution >= 0.6 is 0 Å². The van der Waals surface area contributed by atoms with E-state index in [0.717, 1.165) is 12.8 Å². The van der Waals surface area contributed by atoms with Crippen LogP contribution in [0.3, 0.4) is 0 Å². The third-order valence-electron chi connectivity index (χ3n) is 2.64. The molecule has 0 rings (SSSR count). The lowest BCUT2D eigenvalue weighted by Gasteiger charge is -2.22. The first kappa shape index (κ1) is 14.8. The third kappa shape index (κ3) is 7.73. The van der Waals surface area contributed by atoms with Crippen molar-refractivity contribution in [3.63, 3.8) is 0 Å². The smallest absolute Gasteiger partial charge is 0.0644 e. The van der Waals surface area contributed by atoms with Crippen molar-refractivity contribution in [1.29, 1.82) is 0 Å². The fourth-order valence-electron chi connectivity index (χ4n) is 1.07. The highest BCUT2D eigenvalue weighted by Crippen LogP contribution is 2.12. The van der Waals surface area contributed by atoms with E-state index in [9.17, 15) is 0 Å².